The standard InChI is InChI=1S/C42H26N2O/c1-2-12-29(13-3-1)43-36-18-8-6-16-32(36)34-24-27(22-23-39(34)43)28-25-35-33-17-7-11-21-41(33)45-42(35)40(26-28)44-37-19-9-4-14-30(37)31-15-5-10-20-38(31)44/h1-26H. The molecule has 0 fully saturated rings. The van der Waals surface area contributed by atoms with Crippen molar-refractivity contribution < 1.29 is 4.42 Å². The van der Waals surface area contributed by atoms with Gasteiger partial charge in [-0.2, -0.15) is 0 Å². The molecule has 0 saturated carbocycles. The zero-order chi connectivity index (χ0) is 29.5. The van der Waals surface area contributed by atoms with E-state index >= 15 is 0 Å². The van der Waals surface area contributed by atoms with Gasteiger partial charge < -0.3 is 13.6 Å². The molecule has 210 valence electrons. The van der Waals surface area contributed by atoms with Crippen molar-refractivity contribution in [3.05, 3.63) is 158 Å². The molecule has 0 bridgehead atoms. The van der Waals surface area contributed by atoms with Gasteiger partial charge >= 0.3 is 0 Å². The lowest BCUT2D eigenvalue weighted by molar-refractivity contribution is 0.666. The largest absolute Gasteiger partial charge is 0.454 e. The van der Waals surface area contributed by atoms with Crippen LogP contribution in [0.4, 0.5) is 0 Å². The normalized spacial score (nSPS) is 12.0. The summed E-state index contributed by atoms with van der Waals surface area (Å²) in [6.07, 6.45) is 0. The van der Waals surface area contributed by atoms with Crippen molar-refractivity contribution >= 4 is 65.6 Å². The van der Waals surface area contributed by atoms with Crippen LogP contribution in [0.2, 0.25) is 0 Å². The molecular formula is C42H26N2O. The van der Waals surface area contributed by atoms with E-state index < -0.39 is 0 Å². The molecule has 0 N–H and O–H groups in total. The topological polar surface area (TPSA) is 23.0 Å². The predicted molar refractivity (Wildman–Crippen MR) is 188 cm³/mol. The van der Waals surface area contributed by atoms with E-state index in [0.29, 0.717) is 0 Å². The molecule has 0 atom stereocenters. The summed E-state index contributed by atoms with van der Waals surface area (Å²) in [5.41, 5.74) is 11.1. The van der Waals surface area contributed by atoms with E-state index in [-0.39, 0.29) is 0 Å². The van der Waals surface area contributed by atoms with Gasteiger partial charge in [0.2, 0.25) is 0 Å². The van der Waals surface area contributed by atoms with Crippen LogP contribution in [0.25, 0.3) is 88.1 Å². The van der Waals surface area contributed by atoms with Gasteiger partial charge in [0.15, 0.2) is 5.58 Å². The van der Waals surface area contributed by atoms with E-state index in [9.17, 15) is 0 Å². The van der Waals surface area contributed by atoms with Crippen LogP contribution in [0.15, 0.2) is 162 Å². The maximum absolute atomic E-state index is 6.65. The Morgan fingerprint density at radius 1 is 0.356 bits per heavy atom. The predicted octanol–water partition coefficient (Wildman–Crippen LogP) is 11.4. The number of hydrogen-bond donors (Lipinski definition) is 0. The Balaban J connectivity index is 1.30. The molecule has 10 aromatic rings. The van der Waals surface area contributed by atoms with Gasteiger partial charge in [-0.25, -0.2) is 0 Å². The minimum atomic E-state index is 0.896. The van der Waals surface area contributed by atoms with Crippen LogP contribution < -0.4 is 0 Å². The third-order valence-electron chi connectivity index (χ3n) is 9.30. The number of para-hydroxylation sites is 5. The second kappa shape index (κ2) is 9.22. The van der Waals surface area contributed by atoms with Crippen LogP contribution in [-0.4, -0.2) is 9.13 Å². The van der Waals surface area contributed by atoms with Gasteiger partial charge in [-0.1, -0.05) is 97.1 Å². The van der Waals surface area contributed by atoms with Crippen molar-refractivity contribution in [2.24, 2.45) is 0 Å². The summed E-state index contributed by atoms with van der Waals surface area (Å²) in [5.74, 6) is 0. The van der Waals surface area contributed by atoms with Crippen molar-refractivity contribution in [3.63, 3.8) is 0 Å². The lowest BCUT2D eigenvalue weighted by Crippen LogP contribution is -1.96. The van der Waals surface area contributed by atoms with Gasteiger partial charge in [-0.15, -0.1) is 0 Å². The Morgan fingerprint density at radius 3 is 1.60 bits per heavy atom. The van der Waals surface area contributed by atoms with Gasteiger partial charge in [-0.05, 0) is 71.8 Å². The molecule has 45 heavy (non-hydrogen) atoms. The average Bonchev–Trinajstić information content (AvgIpc) is 3.76. The maximum atomic E-state index is 6.65. The fourth-order valence-electron chi connectivity index (χ4n) is 7.33. The third kappa shape index (κ3) is 3.46. The molecule has 0 radical (unpaired) electrons. The number of benzene rings is 7. The van der Waals surface area contributed by atoms with E-state index in [2.05, 4.69) is 161 Å². The Labute approximate surface area is 258 Å². The van der Waals surface area contributed by atoms with Crippen LogP contribution >= 0.6 is 0 Å². The fraction of sp³-hybridized carbons (Fsp3) is 0. The molecule has 10 rings (SSSR count). The Bertz CT molecular complexity index is 2710. The maximum Gasteiger partial charge on any atom is 0.159 e. The molecule has 3 heteroatoms. The zero-order valence-corrected chi connectivity index (χ0v) is 24.3. The van der Waals surface area contributed by atoms with Crippen LogP contribution in [-0.2, 0) is 0 Å². The number of furan rings is 1. The van der Waals surface area contributed by atoms with Crippen molar-refractivity contribution in [1.29, 1.82) is 0 Å². The molecular weight excluding hydrogens is 548 g/mol. The lowest BCUT2D eigenvalue weighted by atomic mass is 9.99. The zero-order valence-electron chi connectivity index (χ0n) is 24.3. The average molecular weight is 575 g/mol. The summed E-state index contributed by atoms with van der Waals surface area (Å²) in [5, 5.41) is 7.19. The summed E-state index contributed by atoms with van der Waals surface area (Å²) >= 11 is 0. The van der Waals surface area contributed by atoms with Crippen molar-refractivity contribution in [2.45, 2.75) is 0 Å². The van der Waals surface area contributed by atoms with Crippen LogP contribution in [0, 0.1) is 0 Å². The first-order valence-corrected chi connectivity index (χ1v) is 15.4. The molecule has 0 aliphatic rings. The lowest BCUT2D eigenvalue weighted by Gasteiger charge is -2.12. The minimum absolute atomic E-state index is 0.896. The Kier molecular flexibility index (Phi) is 5.00. The molecule has 0 amide bonds. The third-order valence-corrected chi connectivity index (χ3v) is 9.30. The summed E-state index contributed by atoms with van der Waals surface area (Å²) in [6.45, 7) is 0. The fourth-order valence-corrected chi connectivity index (χ4v) is 7.33. The van der Waals surface area contributed by atoms with E-state index in [1.165, 1.54) is 49.2 Å². The molecule has 0 spiro atoms. The summed E-state index contributed by atoms with van der Waals surface area (Å²) in [6, 6.07) is 56.5. The molecule has 3 aromatic heterocycles. The highest BCUT2D eigenvalue weighted by Gasteiger charge is 2.20. The van der Waals surface area contributed by atoms with Gasteiger partial charge in [0.05, 0.1) is 27.8 Å². The molecule has 0 unspecified atom stereocenters. The number of nitrogens with zero attached hydrogens (tertiary/aromatic N) is 2. The second-order valence-electron chi connectivity index (χ2n) is 11.8. The van der Waals surface area contributed by atoms with Crippen LogP contribution in [0.3, 0.4) is 0 Å². The molecule has 3 heterocycles. The summed E-state index contributed by atoms with van der Waals surface area (Å²) in [4.78, 5) is 0. The van der Waals surface area contributed by atoms with Gasteiger partial charge in [0.25, 0.3) is 0 Å². The molecule has 7 aromatic carbocycles. The second-order valence-corrected chi connectivity index (χ2v) is 11.8. The van der Waals surface area contributed by atoms with Crippen LogP contribution in [0.1, 0.15) is 0 Å². The summed E-state index contributed by atoms with van der Waals surface area (Å²) in [7, 11) is 0. The van der Waals surface area contributed by atoms with Crippen molar-refractivity contribution in [1.82, 2.24) is 9.13 Å². The Morgan fingerprint density at radius 2 is 0.889 bits per heavy atom. The molecule has 0 aliphatic carbocycles. The highest BCUT2D eigenvalue weighted by Crippen LogP contribution is 2.42. The molecule has 0 saturated heterocycles. The highest BCUT2D eigenvalue weighted by atomic mass is 16.3. The van der Waals surface area contributed by atoms with Crippen LogP contribution in [0.5, 0.6) is 0 Å². The highest BCUT2D eigenvalue weighted by molar-refractivity contribution is 6.14. The van der Waals surface area contributed by atoms with Gasteiger partial charge in [0, 0.05) is 38.0 Å². The first-order chi connectivity index (χ1) is 22.3. The minimum Gasteiger partial charge on any atom is -0.454 e. The summed E-state index contributed by atoms with van der Waals surface area (Å²) < 4.78 is 11.4. The quantitative estimate of drug-likeness (QED) is 0.206. The van der Waals surface area contributed by atoms with E-state index in [4.69, 9.17) is 4.42 Å². The number of aromatic nitrogens is 2. The Hall–Kier alpha value is -6.06. The van der Waals surface area contributed by atoms with Crippen molar-refractivity contribution in [3.8, 4) is 22.5 Å². The number of fused-ring (bicyclic) bond motifs is 9. The monoisotopic (exact) mass is 574 g/mol. The van der Waals surface area contributed by atoms with Gasteiger partial charge in [0.1, 0.15) is 5.58 Å². The first kappa shape index (κ1) is 24.4. The number of hydrogen-bond acceptors (Lipinski definition) is 1. The first-order valence-electron chi connectivity index (χ1n) is 15.4. The smallest absolute Gasteiger partial charge is 0.159 e. The van der Waals surface area contributed by atoms with Crippen molar-refractivity contribution in [2.75, 3.05) is 0 Å². The SMILES string of the molecule is c1ccc(-n2c3ccccc3c3cc(-c4cc(-n5c6ccccc6c6ccccc65)c5oc6ccccc6c5c4)ccc32)cc1. The van der Waals surface area contributed by atoms with E-state index in [0.717, 1.165) is 38.9 Å². The van der Waals surface area contributed by atoms with E-state index in [1.54, 1.807) is 0 Å². The molecule has 3 nitrogen and oxygen atoms in total. The number of rotatable bonds is 3. The van der Waals surface area contributed by atoms with E-state index in [1.807, 2.05) is 6.07 Å². The van der Waals surface area contributed by atoms with Gasteiger partial charge in [-0.3, -0.25) is 0 Å². The molecule has 0 aliphatic heterocycles.